The van der Waals surface area contributed by atoms with Gasteiger partial charge in [-0.15, -0.1) is 0 Å². The minimum atomic E-state index is -0.832. The van der Waals surface area contributed by atoms with Crippen LogP contribution < -0.4 is 0 Å². The number of likely N-dealkylation sites (tertiary alicyclic amines) is 1. The lowest BCUT2D eigenvalue weighted by Gasteiger charge is -2.38. The fourth-order valence-corrected chi connectivity index (χ4v) is 2.64. The van der Waals surface area contributed by atoms with E-state index in [0.717, 1.165) is 31.5 Å². The zero-order chi connectivity index (χ0) is 13.9. The maximum atomic E-state index is 10.6. The Labute approximate surface area is 115 Å². The highest BCUT2D eigenvalue weighted by atomic mass is 16.3. The molecule has 1 atom stereocenters. The predicted octanol–water partition coefficient (Wildman–Crippen LogP) is 2.52. The molecule has 0 aliphatic carbocycles. The Morgan fingerprint density at radius 3 is 2.42 bits per heavy atom. The molecular formula is C16H22N2O. The fourth-order valence-electron chi connectivity index (χ4n) is 2.64. The van der Waals surface area contributed by atoms with E-state index < -0.39 is 5.60 Å². The Bertz CT molecular complexity index is 453. The van der Waals surface area contributed by atoms with Crippen LogP contribution in [0.3, 0.4) is 0 Å². The number of benzene rings is 1. The van der Waals surface area contributed by atoms with Gasteiger partial charge in [0.05, 0.1) is 17.1 Å². The Morgan fingerprint density at radius 2 is 1.89 bits per heavy atom. The van der Waals surface area contributed by atoms with Crippen LogP contribution in [0.5, 0.6) is 0 Å². The zero-order valence-electron chi connectivity index (χ0n) is 11.8. The standard InChI is InChI=1S/C16H22N2O/c1-15(12-17)8-10-18(11-9-15)13-16(2,19)14-6-4-3-5-7-14/h3-7,19H,8-11,13H2,1-2H3. The molecule has 1 heterocycles. The molecule has 1 fully saturated rings. The maximum absolute atomic E-state index is 10.6. The van der Waals surface area contributed by atoms with Gasteiger partial charge in [0.2, 0.25) is 0 Å². The molecule has 1 saturated heterocycles. The van der Waals surface area contributed by atoms with Gasteiger partial charge >= 0.3 is 0 Å². The summed E-state index contributed by atoms with van der Waals surface area (Å²) >= 11 is 0. The number of β-amino-alcohol motifs (C(OH)–C–C–N with tert-alkyl or cyclic N) is 1. The van der Waals surface area contributed by atoms with E-state index in [1.165, 1.54) is 0 Å². The summed E-state index contributed by atoms with van der Waals surface area (Å²) in [6.45, 7) is 6.28. The van der Waals surface area contributed by atoms with Crippen molar-refractivity contribution in [1.82, 2.24) is 4.90 Å². The third-order valence-corrected chi connectivity index (χ3v) is 4.16. The van der Waals surface area contributed by atoms with Gasteiger partial charge in [0.1, 0.15) is 0 Å². The lowest BCUT2D eigenvalue weighted by molar-refractivity contribution is 0.00207. The van der Waals surface area contributed by atoms with E-state index in [9.17, 15) is 5.11 Å². The molecule has 1 unspecified atom stereocenters. The first-order chi connectivity index (χ1) is 8.95. The highest BCUT2D eigenvalue weighted by Crippen LogP contribution is 2.31. The van der Waals surface area contributed by atoms with Gasteiger partial charge in [0, 0.05) is 6.54 Å². The van der Waals surface area contributed by atoms with Crippen molar-refractivity contribution in [2.45, 2.75) is 32.3 Å². The second-order valence-corrected chi connectivity index (χ2v) is 6.09. The van der Waals surface area contributed by atoms with Crippen LogP contribution >= 0.6 is 0 Å². The highest BCUT2D eigenvalue weighted by Gasteiger charge is 2.33. The molecule has 19 heavy (non-hydrogen) atoms. The summed E-state index contributed by atoms with van der Waals surface area (Å²) in [5, 5.41) is 19.7. The minimum Gasteiger partial charge on any atom is -0.384 e. The van der Waals surface area contributed by atoms with Gasteiger partial charge in [0.25, 0.3) is 0 Å². The lowest BCUT2D eigenvalue weighted by atomic mass is 9.81. The molecule has 1 aliphatic heterocycles. The smallest absolute Gasteiger partial charge is 0.0994 e. The molecule has 0 saturated carbocycles. The van der Waals surface area contributed by atoms with Crippen LogP contribution in [0.4, 0.5) is 0 Å². The van der Waals surface area contributed by atoms with E-state index in [-0.39, 0.29) is 5.41 Å². The van der Waals surface area contributed by atoms with Crippen molar-refractivity contribution in [3.63, 3.8) is 0 Å². The Balaban J connectivity index is 1.98. The quantitative estimate of drug-likeness (QED) is 0.906. The first kappa shape index (κ1) is 14.0. The number of nitriles is 1. The minimum absolute atomic E-state index is 0.185. The molecule has 0 amide bonds. The first-order valence-electron chi connectivity index (χ1n) is 6.87. The van der Waals surface area contributed by atoms with Gasteiger partial charge in [-0.05, 0) is 45.3 Å². The van der Waals surface area contributed by atoms with E-state index in [2.05, 4.69) is 11.0 Å². The summed E-state index contributed by atoms with van der Waals surface area (Å²) in [5.41, 5.74) is -0.0693. The molecule has 3 heteroatoms. The van der Waals surface area contributed by atoms with E-state index in [4.69, 9.17) is 5.26 Å². The lowest BCUT2D eigenvalue weighted by Crippen LogP contribution is -2.45. The van der Waals surface area contributed by atoms with Crippen molar-refractivity contribution in [1.29, 1.82) is 5.26 Å². The number of aliphatic hydroxyl groups is 1. The molecule has 0 bridgehead atoms. The molecule has 1 aromatic carbocycles. The van der Waals surface area contributed by atoms with Crippen LogP contribution in [0.15, 0.2) is 30.3 Å². The van der Waals surface area contributed by atoms with Crippen molar-refractivity contribution in [3.05, 3.63) is 35.9 Å². The summed E-state index contributed by atoms with van der Waals surface area (Å²) < 4.78 is 0. The summed E-state index contributed by atoms with van der Waals surface area (Å²) in [7, 11) is 0. The van der Waals surface area contributed by atoms with Gasteiger partial charge in [-0.3, -0.25) is 0 Å². The predicted molar refractivity (Wildman–Crippen MR) is 75.4 cm³/mol. The van der Waals surface area contributed by atoms with Gasteiger partial charge in [-0.2, -0.15) is 5.26 Å². The van der Waals surface area contributed by atoms with Crippen LogP contribution in [0.1, 0.15) is 32.3 Å². The van der Waals surface area contributed by atoms with Crippen molar-refractivity contribution < 1.29 is 5.11 Å². The average Bonchev–Trinajstić information content (AvgIpc) is 2.42. The topological polar surface area (TPSA) is 47.3 Å². The monoisotopic (exact) mass is 258 g/mol. The van der Waals surface area contributed by atoms with E-state index in [1.807, 2.05) is 44.2 Å². The number of hydrogen-bond acceptors (Lipinski definition) is 3. The first-order valence-corrected chi connectivity index (χ1v) is 6.87. The molecular weight excluding hydrogens is 236 g/mol. The second-order valence-electron chi connectivity index (χ2n) is 6.09. The van der Waals surface area contributed by atoms with Crippen LogP contribution in [-0.2, 0) is 5.60 Å². The number of nitrogens with zero attached hydrogens (tertiary/aromatic N) is 2. The van der Waals surface area contributed by atoms with Crippen LogP contribution in [0, 0.1) is 16.7 Å². The van der Waals surface area contributed by atoms with Crippen LogP contribution in [-0.4, -0.2) is 29.6 Å². The van der Waals surface area contributed by atoms with Gasteiger partial charge < -0.3 is 10.0 Å². The Kier molecular flexibility index (Phi) is 3.93. The van der Waals surface area contributed by atoms with E-state index in [1.54, 1.807) is 0 Å². The second kappa shape index (κ2) is 5.32. The molecule has 0 spiro atoms. The largest absolute Gasteiger partial charge is 0.384 e. The fraction of sp³-hybridized carbons (Fsp3) is 0.562. The zero-order valence-corrected chi connectivity index (χ0v) is 11.8. The summed E-state index contributed by atoms with van der Waals surface area (Å²) in [5.74, 6) is 0. The van der Waals surface area contributed by atoms with Crippen molar-refractivity contribution in [2.24, 2.45) is 5.41 Å². The van der Waals surface area contributed by atoms with Gasteiger partial charge in [0.15, 0.2) is 0 Å². The summed E-state index contributed by atoms with van der Waals surface area (Å²) in [6, 6.07) is 12.2. The Hall–Kier alpha value is -1.37. The van der Waals surface area contributed by atoms with Crippen molar-refractivity contribution in [3.8, 4) is 6.07 Å². The molecule has 0 radical (unpaired) electrons. The van der Waals surface area contributed by atoms with Gasteiger partial charge in [-0.25, -0.2) is 0 Å². The van der Waals surface area contributed by atoms with Crippen LogP contribution in [0.25, 0.3) is 0 Å². The number of hydrogen-bond donors (Lipinski definition) is 1. The van der Waals surface area contributed by atoms with Gasteiger partial charge in [-0.1, -0.05) is 30.3 Å². The molecule has 102 valence electrons. The average molecular weight is 258 g/mol. The third kappa shape index (κ3) is 3.34. The Morgan fingerprint density at radius 1 is 1.32 bits per heavy atom. The molecule has 2 rings (SSSR count). The molecule has 3 nitrogen and oxygen atoms in total. The highest BCUT2D eigenvalue weighted by molar-refractivity contribution is 5.21. The number of piperidine rings is 1. The maximum Gasteiger partial charge on any atom is 0.0994 e. The van der Waals surface area contributed by atoms with Crippen molar-refractivity contribution in [2.75, 3.05) is 19.6 Å². The summed E-state index contributed by atoms with van der Waals surface area (Å²) in [6.07, 6.45) is 1.77. The molecule has 1 aliphatic rings. The third-order valence-electron chi connectivity index (χ3n) is 4.16. The molecule has 1 aromatic rings. The van der Waals surface area contributed by atoms with E-state index >= 15 is 0 Å². The SMILES string of the molecule is CC1(C#N)CCN(CC(C)(O)c2ccccc2)CC1. The van der Waals surface area contributed by atoms with Crippen LogP contribution in [0.2, 0.25) is 0 Å². The number of rotatable bonds is 3. The summed E-state index contributed by atoms with van der Waals surface area (Å²) in [4.78, 5) is 2.26. The van der Waals surface area contributed by atoms with E-state index in [0.29, 0.717) is 6.54 Å². The molecule has 1 N–H and O–H groups in total. The normalized spacial score (nSPS) is 22.4. The molecule has 0 aromatic heterocycles. The van der Waals surface area contributed by atoms with Crippen molar-refractivity contribution >= 4 is 0 Å².